The highest BCUT2D eigenvalue weighted by Gasteiger charge is 2.40. The third kappa shape index (κ3) is 4.80. The lowest BCUT2D eigenvalue weighted by molar-refractivity contribution is -0.143. The van der Waals surface area contributed by atoms with E-state index >= 15 is 0 Å². The van der Waals surface area contributed by atoms with Crippen LogP contribution in [0.3, 0.4) is 0 Å². The number of rotatable bonds is 4. The monoisotopic (exact) mass is 412 g/mol. The van der Waals surface area contributed by atoms with Crippen LogP contribution in [0.2, 0.25) is 0 Å². The van der Waals surface area contributed by atoms with Gasteiger partial charge in [-0.3, -0.25) is 9.69 Å². The van der Waals surface area contributed by atoms with Crippen LogP contribution in [-0.4, -0.2) is 71.4 Å². The number of nitrogens with one attached hydrogen (secondary N) is 1. The van der Waals surface area contributed by atoms with E-state index in [1.165, 1.54) is 19.3 Å². The van der Waals surface area contributed by atoms with E-state index in [0.717, 1.165) is 51.0 Å². The van der Waals surface area contributed by atoms with Gasteiger partial charge >= 0.3 is 6.03 Å². The summed E-state index contributed by atoms with van der Waals surface area (Å²) in [5.41, 5.74) is 0.822. The molecule has 1 saturated carbocycles. The second kappa shape index (κ2) is 9.82. The van der Waals surface area contributed by atoms with Crippen LogP contribution in [0.15, 0.2) is 30.3 Å². The predicted octanol–water partition coefficient (Wildman–Crippen LogP) is 3.80. The Morgan fingerprint density at radius 3 is 2.23 bits per heavy atom. The van der Waals surface area contributed by atoms with Crippen molar-refractivity contribution >= 4 is 17.6 Å². The van der Waals surface area contributed by atoms with Gasteiger partial charge in [-0.1, -0.05) is 31.0 Å². The van der Waals surface area contributed by atoms with Gasteiger partial charge in [0.15, 0.2) is 0 Å². The van der Waals surface area contributed by atoms with Gasteiger partial charge in [-0.2, -0.15) is 0 Å². The molecule has 30 heavy (non-hydrogen) atoms. The molecule has 0 unspecified atom stereocenters. The predicted molar refractivity (Wildman–Crippen MR) is 119 cm³/mol. The number of hydrogen-bond donors (Lipinski definition) is 1. The molecule has 0 bridgehead atoms. The summed E-state index contributed by atoms with van der Waals surface area (Å²) in [6.45, 7) is 6.00. The van der Waals surface area contributed by atoms with Crippen molar-refractivity contribution in [3.8, 4) is 0 Å². The number of urea groups is 1. The summed E-state index contributed by atoms with van der Waals surface area (Å²) < 4.78 is 0. The quantitative estimate of drug-likeness (QED) is 0.818. The third-order valence-electron chi connectivity index (χ3n) is 7.21. The smallest absolute Gasteiger partial charge is 0.321 e. The molecular weight excluding hydrogens is 376 g/mol. The van der Waals surface area contributed by atoms with Crippen LogP contribution in [0.1, 0.15) is 51.9 Å². The van der Waals surface area contributed by atoms with Gasteiger partial charge in [0.05, 0.1) is 6.04 Å². The molecule has 2 heterocycles. The summed E-state index contributed by atoms with van der Waals surface area (Å²) in [4.78, 5) is 32.7. The first-order valence-electron chi connectivity index (χ1n) is 11.8. The number of likely N-dealkylation sites (tertiary alicyclic amines) is 1. The Labute approximate surface area is 180 Å². The van der Waals surface area contributed by atoms with Gasteiger partial charge in [0.25, 0.3) is 0 Å². The number of carbonyl (C=O) groups excluding carboxylic acids is 2. The highest BCUT2D eigenvalue weighted by molar-refractivity contribution is 5.89. The fourth-order valence-electron chi connectivity index (χ4n) is 5.45. The van der Waals surface area contributed by atoms with Gasteiger partial charge in [0, 0.05) is 44.5 Å². The molecule has 1 N–H and O–H groups in total. The van der Waals surface area contributed by atoms with E-state index in [2.05, 4.69) is 22.0 Å². The first-order valence-corrected chi connectivity index (χ1v) is 11.8. The molecule has 0 aromatic heterocycles. The zero-order chi connectivity index (χ0) is 20.9. The Morgan fingerprint density at radius 2 is 1.57 bits per heavy atom. The maximum atomic E-state index is 13.6. The van der Waals surface area contributed by atoms with Crippen molar-refractivity contribution < 1.29 is 9.59 Å². The van der Waals surface area contributed by atoms with Crippen LogP contribution >= 0.6 is 0 Å². The molecule has 3 fully saturated rings. The minimum Gasteiger partial charge on any atom is -0.339 e. The molecule has 6 heteroatoms. The van der Waals surface area contributed by atoms with E-state index in [4.69, 9.17) is 0 Å². The summed E-state index contributed by atoms with van der Waals surface area (Å²) in [6.07, 6.45) is 8.28. The highest BCUT2D eigenvalue weighted by atomic mass is 16.2. The van der Waals surface area contributed by atoms with Crippen molar-refractivity contribution in [2.45, 2.75) is 64.0 Å². The van der Waals surface area contributed by atoms with Gasteiger partial charge in [0.2, 0.25) is 5.91 Å². The van der Waals surface area contributed by atoms with Crippen LogP contribution in [0.4, 0.5) is 10.5 Å². The number of amides is 3. The van der Waals surface area contributed by atoms with Gasteiger partial charge in [0.1, 0.15) is 0 Å². The number of piperidine rings is 1. The number of benzene rings is 1. The largest absolute Gasteiger partial charge is 0.339 e. The number of para-hydroxylation sites is 1. The van der Waals surface area contributed by atoms with Crippen LogP contribution in [0, 0.1) is 5.92 Å². The Morgan fingerprint density at radius 1 is 0.900 bits per heavy atom. The zero-order valence-electron chi connectivity index (χ0n) is 18.3. The second-order valence-electron chi connectivity index (χ2n) is 9.19. The number of hydrogen-bond acceptors (Lipinski definition) is 3. The summed E-state index contributed by atoms with van der Waals surface area (Å²) in [7, 11) is 0. The average molecular weight is 413 g/mol. The molecule has 0 spiro atoms. The van der Waals surface area contributed by atoms with Gasteiger partial charge in [-0.15, -0.1) is 0 Å². The number of carbonyl (C=O) groups is 2. The number of anilines is 1. The Balaban J connectivity index is 1.39. The molecule has 4 rings (SSSR count). The van der Waals surface area contributed by atoms with E-state index in [-0.39, 0.29) is 12.1 Å². The van der Waals surface area contributed by atoms with Crippen molar-refractivity contribution in [3.05, 3.63) is 30.3 Å². The SMILES string of the molecule is C[C@H]1CCCCN1C(=O)[C@@H](C1CCCC1)N1CCN(C(=O)Nc2ccccc2)CC1. The van der Waals surface area contributed by atoms with Crippen LogP contribution in [0.25, 0.3) is 0 Å². The molecule has 1 aliphatic carbocycles. The molecule has 3 amide bonds. The minimum atomic E-state index is -0.0470. The normalized spacial score (nSPS) is 24.6. The fraction of sp³-hybridized carbons (Fsp3) is 0.667. The van der Waals surface area contributed by atoms with Crippen LogP contribution in [-0.2, 0) is 4.79 Å². The summed E-state index contributed by atoms with van der Waals surface area (Å²) in [5.74, 6) is 0.813. The molecule has 1 aromatic carbocycles. The van der Waals surface area contributed by atoms with Crippen molar-refractivity contribution in [2.75, 3.05) is 38.0 Å². The Kier molecular flexibility index (Phi) is 6.93. The summed E-state index contributed by atoms with van der Waals surface area (Å²) in [6, 6.07) is 9.90. The third-order valence-corrected chi connectivity index (χ3v) is 7.21. The molecular formula is C24H36N4O2. The maximum Gasteiger partial charge on any atom is 0.321 e. The molecule has 6 nitrogen and oxygen atoms in total. The van der Waals surface area contributed by atoms with E-state index in [1.54, 1.807) is 0 Å². The lowest BCUT2D eigenvalue weighted by atomic mass is 9.92. The summed E-state index contributed by atoms with van der Waals surface area (Å²) in [5, 5.41) is 2.98. The van der Waals surface area contributed by atoms with Crippen molar-refractivity contribution in [2.24, 2.45) is 5.92 Å². The molecule has 2 aliphatic heterocycles. The van der Waals surface area contributed by atoms with E-state index in [9.17, 15) is 9.59 Å². The molecule has 3 aliphatic rings. The topological polar surface area (TPSA) is 55.9 Å². The van der Waals surface area contributed by atoms with E-state index in [0.29, 0.717) is 31.0 Å². The van der Waals surface area contributed by atoms with Gasteiger partial charge < -0.3 is 15.1 Å². The standard InChI is InChI=1S/C24H36N4O2/c1-19-9-7-8-14-28(19)23(29)22(20-10-5-6-11-20)26-15-17-27(18-16-26)24(30)25-21-12-3-2-4-13-21/h2-4,12-13,19-20,22H,5-11,14-18H2,1H3,(H,25,30)/t19-,22+/m0/s1. The van der Waals surface area contributed by atoms with E-state index in [1.807, 2.05) is 35.2 Å². The summed E-state index contributed by atoms with van der Waals surface area (Å²) >= 11 is 0. The first kappa shape index (κ1) is 21.2. The lowest BCUT2D eigenvalue weighted by Gasteiger charge is -2.44. The second-order valence-corrected chi connectivity index (χ2v) is 9.19. The van der Waals surface area contributed by atoms with Crippen molar-refractivity contribution in [1.82, 2.24) is 14.7 Å². The molecule has 2 saturated heterocycles. The Bertz CT molecular complexity index is 711. The van der Waals surface area contributed by atoms with Crippen LogP contribution < -0.4 is 5.32 Å². The van der Waals surface area contributed by atoms with E-state index < -0.39 is 0 Å². The first-order chi connectivity index (χ1) is 14.6. The average Bonchev–Trinajstić information content (AvgIpc) is 3.29. The lowest BCUT2D eigenvalue weighted by Crippen LogP contribution is -2.60. The van der Waals surface area contributed by atoms with Gasteiger partial charge in [-0.25, -0.2) is 4.79 Å². The molecule has 1 aromatic rings. The molecule has 0 radical (unpaired) electrons. The zero-order valence-corrected chi connectivity index (χ0v) is 18.3. The molecule has 2 atom stereocenters. The van der Waals surface area contributed by atoms with Crippen LogP contribution in [0.5, 0.6) is 0 Å². The maximum absolute atomic E-state index is 13.6. The van der Waals surface area contributed by atoms with Gasteiger partial charge in [-0.05, 0) is 57.1 Å². The molecule has 164 valence electrons. The number of nitrogens with zero attached hydrogens (tertiary/aromatic N) is 3. The number of piperazine rings is 1. The fourth-order valence-corrected chi connectivity index (χ4v) is 5.45. The minimum absolute atomic E-state index is 0.00705. The van der Waals surface area contributed by atoms with Crippen molar-refractivity contribution in [3.63, 3.8) is 0 Å². The highest BCUT2D eigenvalue weighted by Crippen LogP contribution is 2.33. The van der Waals surface area contributed by atoms with Crippen molar-refractivity contribution in [1.29, 1.82) is 0 Å². The Hall–Kier alpha value is -2.08.